The van der Waals surface area contributed by atoms with Crippen LogP contribution in [0.15, 0.2) is 0 Å². The molecule has 0 spiro atoms. The monoisotopic (exact) mass is 241 g/mol. The van der Waals surface area contributed by atoms with Crippen molar-refractivity contribution in [3.63, 3.8) is 0 Å². The molecule has 0 radical (unpaired) electrons. The molecule has 0 bridgehead atoms. The van der Waals surface area contributed by atoms with Crippen molar-refractivity contribution >= 4 is 11.8 Å². The van der Waals surface area contributed by atoms with Crippen molar-refractivity contribution in [2.75, 3.05) is 27.2 Å². The summed E-state index contributed by atoms with van der Waals surface area (Å²) in [5.41, 5.74) is 5.36. The van der Waals surface area contributed by atoms with Gasteiger partial charge >= 0.3 is 0 Å². The molecule has 17 heavy (non-hydrogen) atoms. The first kappa shape index (κ1) is 14.0. The van der Waals surface area contributed by atoms with E-state index in [0.29, 0.717) is 6.54 Å². The lowest BCUT2D eigenvalue weighted by molar-refractivity contribution is -0.144. The molecule has 0 unspecified atom stereocenters. The van der Waals surface area contributed by atoms with E-state index in [0.717, 1.165) is 25.7 Å². The van der Waals surface area contributed by atoms with E-state index < -0.39 is 5.41 Å². The van der Waals surface area contributed by atoms with Gasteiger partial charge in [-0.05, 0) is 12.8 Å². The van der Waals surface area contributed by atoms with Crippen LogP contribution in [0, 0.1) is 5.41 Å². The summed E-state index contributed by atoms with van der Waals surface area (Å²) < 4.78 is 0. The van der Waals surface area contributed by atoms with E-state index in [-0.39, 0.29) is 18.4 Å². The molecule has 1 saturated carbocycles. The van der Waals surface area contributed by atoms with Crippen molar-refractivity contribution in [2.24, 2.45) is 11.1 Å². The maximum atomic E-state index is 12.4. The zero-order valence-electron chi connectivity index (χ0n) is 10.8. The molecule has 2 amide bonds. The summed E-state index contributed by atoms with van der Waals surface area (Å²) >= 11 is 0. The van der Waals surface area contributed by atoms with Crippen LogP contribution in [0.2, 0.25) is 0 Å². The van der Waals surface area contributed by atoms with Crippen molar-refractivity contribution in [1.82, 2.24) is 10.2 Å². The topological polar surface area (TPSA) is 75.4 Å². The van der Waals surface area contributed by atoms with Gasteiger partial charge in [0.1, 0.15) is 0 Å². The van der Waals surface area contributed by atoms with Gasteiger partial charge in [-0.1, -0.05) is 19.3 Å². The Kier molecular flexibility index (Phi) is 4.93. The number of nitrogens with zero attached hydrogens (tertiary/aromatic N) is 1. The Morgan fingerprint density at radius 3 is 2.35 bits per heavy atom. The molecule has 1 aliphatic rings. The molecule has 0 aromatic carbocycles. The number of carbonyl (C=O) groups excluding carboxylic acids is 2. The smallest absolute Gasteiger partial charge is 0.239 e. The number of carbonyl (C=O) groups is 2. The molecular weight excluding hydrogens is 218 g/mol. The van der Waals surface area contributed by atoms with Gasteiger partial charge in [0.25, 0.3) is 0 Å². The minimum Gasteiger partial charge on any atom is -0.358 e. The third-order valence-electron chi connectivity index (χ3n) is 3.66. The standard InChI is InChI=1S/C12H23N3O2/c1-14-10(16)8-15(2)11(17)12(9-13)6-4-3-5-7-12/h3-9,13H2,1-2H3,(H,14,16). The molecule has 98 valence electrons. The van der Waals surface area contributed by atoms with Crippen LogP contribution in [0.3, 0.4) is 0 Å². The number of amides is 2. The molecule has 0 aliphatic heterocycles. The molecule has 1 aliphatic carbocycles. The quantitative estimate of drug-likeness (QED) is 0.733. The lowest BCUT2D eigenvalue weighted by Crippen LogP contribution is -2.50. The van der Waals surface area contributed by atoms with Crippen molar-refractivity contribution in [1.29, 1.82) is 0 Å². The molecular formula is C12H23N3O2. The van der Waals surface area contributed by atoms with Gasteiger partial charge < -0.3 is 16.0 Å². The molecule has 0 atom stereocenters. The fourth-order valence-electron chi connectivity index (χ4n) is 2.50. The normalized spacial score (nSPS) is 18.5. The highest BCUT2D eigenvalue weighted by Crippen LogP contribution is 2.36. The van der Waals surface area contributed by atoms with Crippen LogP contribution < -0.4 is 11.1 Å². The van der Waals surface area contributed by atoms with Crippen LogP contribution in [0.4, 0.5) is 0 Å². The first-order valence-electron chi connectivity index (χ1n) is 6.22. The minimum absolute atomic E-state index is 0.0169. The van der Waals surface area contributed by atoms with Crippen LogP contribution in [-0.4, -0.2) is 43.9 Å². The Morgan fingerprint density at radius 2 is 1.88 bits per heavy atom. The highest BCUT2D eigenvalue weighted by atomic mass is 16.2. The Morgan fingerprint density at radius 1 is 1.29 bits per heavy atom. The number of nitrogens with two attached hydrogens (primary N) is 1. The summed E-state index contributed by atoms with van der Waals surface area (Å²) in [6, 6.07) is 0. The highest BCUT2D eigenvalue weighted by molar-refractivity contribution is 5.87. The Labute approximate surface area is 103 Å². The molecule has 0 aromatic rings. The summed E-state index contributed by atoms with van der Waals surface area (Å²) in [4.78, 5) is 25.1. The molecule has 1 rings (SSSR count). The van der Waals surface area contributed by atoms with E-state index in [2.05, 4.69) is 5.32 Å². The van der Waals surface area contributed by atoms with Crippen molar-refractivity contribution in [2.45, 2.75) is 32.1 Å². The van der Waals surface area contributed by atoms with Gasteiger partial charge in [0, 0.05) is 20.6 Å². The highest BCUT2D eigenvalue weighted by Gasteiger charge is 2.40. The summed E-state index contributed by atoms with van der Waals surface area (Å²) in [5.74, 6) is -0.132. The van der Waals surface area contributed by atoms with E-state index in [1.807, 2.05) is 0 Å². The van der Waals surface area contributed by atoms with Gasteiger partial charge in [-0.25, -0.2) is 0 Å². The molecule has 1 fully saturated rings. The second-order valence-corrected chi connectivity index (χ2v) is 4.88. The summed E-state index contributed by atoms with van der Waals surface area (Å²) in [5, 5.41) is 2.52. The average Bonchev–Trinajstić information content (AvgIpc) is 2.38. The fraction of sp³-hybridized carbons (Fsp3) is 0.833. The van der Waals surface area contributed by atoms with Crippen LogP contribution in [-0.2, 0) is 9.59 Å². The zero-order chi connectivity index (χ0) is 12.9. The predicted molar refractivity (Wildman–Crippen MR) is 66.3 cm³/mol. The average molecular weight is 241 g/mol. The SMILES string of the molecule is CNC(=O)CN(C)C(=O)C1(CN)CCCCC1. The summed E-state index contributed by atoms with van der Waals surface area (Å²) in [7, 11) is 3.24. The van der Waals surface area contributed by atoms with Gasteiger partial charge in [0.2, 0.25) is 11.8 Å². The van der Waals surface area contributed by atoms with E-state index >= 15 is 0 Å². The van der Waals surface area contributed by atoms with E-state index in [1.54, 1.807) is 14.1 Å². The largest absolute Gasteiger partial charge is 0.358 e. The Hall–Kier alpha value is -1.10. The Balaban J connectivity index is 2.67. The summed E-state index contributed by atoms with van der Waals surface area (Å²) in [6.45, 7) is 0.487. The molecule has 0 saturated heterocycles. The molecule has 5 heteroatoms. The van der Waals surface area contributed by atoms with Crippen LogP contribution in [0.5, 0.6) is 0 Å². The predicted octanol–water partition coefficient (Wildman–Crippen LogP) is 0.100. The van der Waals surface area contributed by atoms with Crippen molar-refractivity contribution in [3.8, 4) is 0 Å². The third kappa shape index (κ3) is 3.19. The van der Waals surface area contributed by atoms with Crippen molar-refractivity contribution in [3.05, 3.63) is 0 Å². The fourth-order valence-corrected chi connectivity index (χ4v) is 2.50. The van der Waals surface area contributed by atoms with Gasteiger partial charge in [0.05, 0.1) is 12.0 Å². The number of hydrogen-bond acceptors (Lipinski definition) is 3. The first-order valence-corrected chi connectivity index (χ1v) is 6.22. The van der Waals surface area contributed by atoms with E-state index in [1.165, 1.54) is 11.3 Å². The van der Waals surface area contributed by atoms with E-state index in [4.69, 9.17) is 5.73 Å². The maximum absolute atomic E-state index is 12.4. The van der Waals surface area contributed by atoms with Gasteiger partial charge in [-0.3, -0.25) is 9.59 Å². The number of hydrogen-bond donors (Lipinski definition) is 2. The minimum atomic E-state index is -0.430. The second-order valence-electron chi connectivity index (χ2n) is 4.88. The molecule has 3 N–H and O–H groups in total. The lowest BCUT2D eigenvalue weighted by atomic mass is 9.73. The first-order chi connectivity index (χ1) is 8.05. The van der Waals surface area contributed by atoms with Crippen LogP contribution in [0.25, 0.3) is 0 Å². The lowest BCUT2D eigenvalue weighted by Gasteiger charge is -2.37. The third-order valence-corrected chi connectivity index (χ3v) is 3.66. The Bertz CT molecular complexity index is 285. The van der Waals surface area contributed by atoms with Gasteiger partial charge in [-0.15, -0.1) is 0 Å². The molecule has 0 aromatic heterocycles. The second kappa shape index (κ2) is 6.00. The molecule has 5 nitrogen and oxygen atoms in total. The molecule has 0 heterocycles. The number of nitrogens with one attached hydrogen (secondary N) is 1. The maximum Gasteiger partial charge on any atom is 0.239 e. The van der Waals surface area contributed by atoms with E-state index in [9.17, 15) is 9.59 Å². The van der Waals surface area contributed by atoms with Gasteiger partial charge in [0.15, 0.2) is 0 Å². The van der Waals surface area contributed by atoms with Crippen LogP contribution >= 0.6 is 0 Å². The number of likely N-dealkylation sites (N-methyl/N-ethyl adjacent to an activating group) is 2. The summed E-state index contributed by atoms with van der Waals surface area (Å²) in [6.07, 6.45) is 4.97. The number of rotatable bonds is 4. The zero-order valence-corrected chi connectivity index (χ0v) is 10.8. The van der Waals surface area contributed by atoms with Gasteiger partial charge in [-0.2, -0.15) is 0 Å². The van der Waals surface area contributed by atoms with Crippen LogP contribution in [0.1, 0.15) is 32.1 Å². The van der Waals surface area contributed by atoms with Crippen molar-refractivity contribution < 1.29 is 9.59 Å².